The summed E-state index contributed by atoms with van der Waals surface area (Å²) in [4.78, 5) is 16.0. The molecule has 0 aliphatic carbocycles. The van der Waals surface area contributed by atoms with Gasteiger partial charge in [-0.1, -0.05) is 0 Å². The van der Waals surface area contributed by atoms with Gasteiger partial charge in [-0.05, 0) is 18.2 Å². The maximum absolute atomic E-state index is 14.5. The summed E-state index contributed by atoms with van der Waals surface area (Å²) in [6.45, 7) is -1.06. The summed E-state index contributed by atoms with van der Waals surface area (Å²) in [7, 11) is 0. The second-order valence-electron chi connectivity index (χ2n) is 7.00. The summed E-state index contributed by atoms with van der Waals surface area (Å²) < 4.78 is 91.9. The van der Waals surface area contributed by atoms with Gasteiger partial charge in [0.1, 0.15) is 19.2 Å². The Bertz CT molecular complexity index is 1370. The number of hydrogen-bond donors (Lipinski definition) is 1. The molecule has 0 bridgehead atoms. The molecule has 0 spiro atoms. The third-order valence-electron chi connectivity index (χ3n) is 4.57. The topological polar surface area (TPSA) is 124 Å². The predicted molar refractivity (Wildman–Crippen MR) is 107 cm³/mol. The normalized spacial score (nSPS) is 11.4. The fourth-order valence-corrected chi connectivity index (χ4v) is 2.93. The smallest absolute Gasteiger partial charge is 0.437 e. The highest BCUT2D eigenvalue weighted by atomic mass is 19.4. The number of aromatic nitrogens is 3. The Morgan fingerprint density at radius 2 is 2.00 bits per heavy atom. The largest absolute Gasteiger partial charge is 0.618 e. The molecule has 0 saturated carbocycles. The second kappa shape index (κ2) is 10.5. The van der Waals surface area contributed by atoms with Crippen LogP contribution in [0.5, 0.6) is 17.2 Å². The Kier molecular flexibility index (Phi) is 7.68. The maximum Gasteiger partial charge on any atom is 0.437 e. The number of alkyl halides is 5. The van der Waals surface area contributed by atoms with E-state index in [0.717, 1.165) is 6.20 Å². The Balaban J connectivity index is 2.08. The number of nitrogens with zero attached hydrogens (tertiary/aromatic N) is 4. The molecular weight excluding hydrogens is 502 g/mol. The highest BCUT2D eigenvalue weighted by molar-refractivity contribution is 5.45. The van der Waals surface area contributed by atoms with E-state index < -0.39 is 58.8 Å². The van der Waals surface area contributed by atoms with Crippen LogP contribution in [0.1, 0.15) is 28.9 Å². The van der Waals surface area contributed by atoms with Crippen LogP contribution >= 0.6 is 0 Å². The number of aliphatic hydroxyl groups excluding tert-OH is 1. The number of rotatable bonds is 8. The van der Waals surface area contributed by atoms with E-state index in [1.54, 1.807) is 0 Å². The minimum Gasteiger partial charge on any atom is -0.618 e. The molecule has 0 radical (unpaired) electrons. The van der Waals surface area contributed by atoms with Gasteiger partial charge in [0, 0.05) is 11.6 Å². The summed E-state index contributed by atoms with van der Waals surface area (Å²) in [5, 5.41) is 29.9. The fraction of sp³-hybridized carbons (Fsp3) is 0.238. The van der Waals surface area contributed by atoms with E-state index in [1.807, 2.05) is 0 Å². The highest BCUT2D eigenvalue weighted by Gasteiger charge is 2.39. The van der Waals surface area contributed by atoms with Crippen molar-refractivity contribution in [1.82, 2.24) is 9.55 Å². The molecule has 36 heavy (non-hydrogen) atoms. The molecule has 3 aromatic rings. The van der Waals surface area contributed by atoms with Crippen LogP contribution in [-0.2, 0) is 12.7 Å². The molecule has 2 heterocycles. The molecule has 9 nitrogen and oxygen atoms in total. The van der Waals surface area contributed by atoms with Gasteiger partial charge in [-0.15, -0.1) is 0 Å². The standard InChI is InChI=1S/C21H14F6N4O5/c22-16-12(7-28)5-11(19(23)24)6-15(16)36-17-18(21(25,26)27)29-10-30(20(17)33)8-13-1-2-14(9-31(13)34)35-4-3-32/h1-2,5-6,9-10,19,32H,3-4,8H2. The lowest BCUT2D eigenvalue weighted by molar-refractivity contribution is -0.614. The lowest BCUT2D eigenvalue weighted by atomic mass is 10.1. The van der Waals surface area contributed by atoms with Crippen LogP contribution in [0, 0.1) is 22.4 Å². The van der Waals surface area contributed by atoms with Crippen molar-refractivity contribution in [3.05, 3.63) is 80.7 Å². The van der Waals surface area contributed by atoms with E-state index in [0.29, 0.717) is 23.0 Å². The Morgan fingerprint density at radius 3 is 2.58 bits per heavy atom. The van der Waals surface area contributed by atoms with Crippen LogP contribution < -0.4 is 19.8 Å². The van der Waals surface area contributed by atoms with Crippen LogP contribution in [0.15, 0.2) is 41.6 Å². The molecule has 1 aromatic carbocycles. The molecule has 3 rings (SSSR count). The molecule has 190 valence electrons. The number of aliphatic hydroxyl groups is 1. The van der Waals surface area contributed by atoms with Crippen molar-refractivity contribution in [2.75, 3.05) is 13.2 Å². The predicted octanol–water partition coefficient (Wildman–Crippen LogP) is 3.06. The second-order valence-corrected chi connectivity index (χ2v) is 7.00. The van der Waals surface area contributed by atoms with Gasteiger partial charge in [-0.2, -0.15) is 23.2 Å². The SMILES string of the molecule is N#Cc1cc(C(F)F)cc(Oc2c(C(F)(F)F)ncn(Cc3ccc(OCCO)c[n+]3[O-])c2=O)c1F. The van der Waals surface area contributed by atoms with Crippen molar-refractivity contribution >= 4 is 0 Å². The van der Waals surface area contributed by atoms with Gasteiger partial charge in [-0.25, -0.2) is 18.2 Å². The summed E-state index contributed by atoms with van der Waals surface area (Å²) in [6, 6.07) is 4.60. The van der Waals surface area contributed by atoms with Crippen LogP contribution in [0.4, 0.5) is 26.3 Å². The monoisotopic (exact) mass is 516 g/mol. The molecule has 0 amide bonds. The van der Waals surface area contributed by atoms with Crippen molar-refractivity contribution in [2.24, 2.45) is 0 Å². The minimum absolute atomic E-state index is 0.0624. The zero-order chi connectivity index (χ0) is 26.6. The average Bonchev–Trinajstić information content (AvgIpc) is 2.81. The highest BCUT2D eigenvalue weighted by Crippen LogP contribution is 2.36. The first-order chi connectivity index (χ1) is 17.0. The summed E-state index contributed by atoms with van der Waals surface area (Å²) >= 11 is 0. The third kappa shape index (κ3) is 5.66. The Morgan fingerprint density at radius 1 is 1.28 bits per heavy atom. The Hall–Kier alpha value is -4.32. The fourth-order valence-electron chi connectivity index (χ4n) is 2.93. The van der Waals surface area contributed by atoms with Gasteiger partial charge in [0.05, 0.1) is 18.5 Å². The van der Waals surface area contributed by atoms with E-state index in [9.17, 15) is 36.3 Å². The van der Waals surface area contributed by atoms with Crippen molar-refractivity contribution in [3.63, 3.8) is 0 Å². The number of pyridine rings is 1. The van der Waals surface area contributed by atoms with Crippen LogP contribution in [0.3, 0.4) is 0 Å². The number of nitriles is 1. The maximum atomic E-state index is 14.5. The van der Waals surface area contributed by atoms with E-state index in [-0.39, 0.29) is 29.4 Å². The molecule has 0 fully saturated rings. The van der Waals surface area contributed by atoms with Gasteiger partial charge in [-0.3, -0.25) is 9.36 Å². The molecule has 2 aromatic heterocycles. The number of hydrogen-bond acceptors (Lipinski definition) is 7. The lowest BCUT2D eigenvalue weighted by Crippen LogP contribution is -2.35. The van der Waals surface area contributed by atoms with Crippen molar-refractivity contribution < 1.29 is 45.7 Å². The minimum atomic E-state index is -5.27. The van der Waals surface area contributed by atoms with Gasteiger partial charge >= 0.3 is 6.18 Å². The van der Waals surface area contributed by atoms with Crippen LogP contribution in [0.25, 0.3) is 0 Å². The molecule has 0 atom stereocenters. The average molecular weight is 516 g/mol. The van der Waals surface area contributed by atoms with Gasteiger partial charge < -0.3 is 19.8 Å². The number of halogens is 6. The van der Waals surface area contributed by atoms with E-state index in [2.05, 4.69) is 4.98 Å². The van der Waals surface area contributed by atoms with Crippen molar-refractivity contribution in [1.29, 1.82) is 5.26 Å². The van der Waals surface area contributed by atoms with E-state index in [1.165, 1.54) is 18.2 Å². The van der Waals surface area contributed by atoms with Crippen LogP contribution in [-0.4, -0.2) is 27.9 Å². The zero-order valence-electron chi connectivity index (χ0n) is 17.8. The van der Waals surface area contributed by atoms with Crippen LogP contribution in [0.2, 0.25) is 0 Å². The number of ether oxygens (including phenoxy) is 2. The third-order valence-corrected chi connectivity index (χ3v) is 4.57. The van der Waals surface area contributed by atoms with Gasteiger partial charge in [0.25, 0.3) is 12.0 Å². The Labute approximate surface area is 197 Å². The quantitative estimate of drug-likeness (QED) is 0.277. The van der Waals surface area contributed by atoms with E-state index >= 15 is 0 Å². The molecule has 1 N–H and O–H groups in total. The first kappa shape index (κ1) is 26.3. The number of benzene rings is 1. The summed E-state index contributed by atoms with van der Waals surface area (Å²) in [5.41, 5.74) is -5.43. The van der Waals surface area contributed by atoms with Crippen molar-refractivity contribution in [3.8, 4) is 23.3 Å². The molecular formula is C21H14F6N4O5. The van der Waals surface area contributed by atoms with Crippen molar-refractivity contribution in [2.45, 2.75) is 19.1 Å². The molecule has 0 unspecified atom stereocenters. The molecule has 0 aliphatic heterocycles. The molecule has 15 heteroatoms. The van der Waals surface area contributed by atoms with Gasteiger partial charge in [0.15, 0.2) is 23.0 Å². The van der Waals surface area contributed by atoms with Gasteiger partial charge in [0.2, 0.25) is 17.6 Å². The first-order valence-electron chi connectivity index (χ1n) is 9.78. The zero-order valence-corrected chi connectivity index (χ0v) is 17.8. The first-order valence-corrected chi connectivity index (χ1v) is 9.78. The van der Waals surface area contributed by atoms with E-state index in [4.69, 9.17) is 19.8 Å². The molecule has 0 aliphatic rings. The summed E-state index contributed by atoms with van der Waals surface area (Å²) in [6.07, 6.45) is -7.09. The molecule has 0 saturated heterocycles. The summed E-state index contributed by atoms with van der Waals surface area (Å²) in [5.74, 6) is -4.29. The lowest BCUT2D eigenvalue weighted by Gasteiger charge is -2.16.